The number of amides is 2. The molecule has 39 heavy (non-hydrogen) atoms. The van der Waals surface area contributed by atoms with Gasteiger partial charge in [-0.1, -0.05) is 48.5 Å². The molecule has 2 aliphatic heterocycles. The molecule has 0 bridgehead atoms. The Kier molecular flexibility index (Phi) is 7.65. The second kappa shape index (κ2) is 11.1. The summed E-state index contributed by atoms with van der Waals surface area (Å²) in [5.74, 6) is 0.395. The molecule has 1 fully saturated rings. The van der Waals surface area contributed by atoms with Crippen molar-refractivity contribution in [2.24, 2.45) is 0 Å². The molecule has 3 aromatic carbocycles. The van der Waals surface area contributed by atoms with Crippen LogP contribution < -0.4 is 10.2 Å². The fourth-order valence-corrected chi connectivity index (χ4v) is 5.75. The lowest BCUT2D eigenvalue weighted by Crippen LogP contribution is -2.44. The number of carbonyl (C=O) groups excluding carboxylic acids is 2. The molecule has 0 aromatic heterocycles. The molecule has 2 aliphatic rings. The number of nitrogens with one attached hydrogen (secondary N) is 1. The van der Waals surface area contributed by atoms with Crippen LogP contribution in [0.3, 0.4) is 0 Å². The lowest BCUT2D eigenvalue weighted by molar-refractivity contribution is 0.0204. The van der Waals surface area contributed by atoms with Crippen molar-refractivity contribution in [3.8, 4) is 0 Å². The van der Waals surface area contributed by atoms with Gasteiger partial charge in [0.25, 0.3) is 5.91 Å². The fourth-order valence-electron chi connectivity index (χ4n) is 5.75. The molecule has 6 heteroatoms. The van der Waals surface area contributed by atoms with Gasteiger partial charge < -0.3 is 19.9 Å². The summed E-state index contributed by atoms with van der Waals surface area (Å²) in [5, 5.41) is 3.66. The number of fused-ring (bicyclic) bond motifs is 1. The first-order valence-electron chi connectivity index (χ1n) is 14.0. The number of carbonyl (C=O) groups is 2. The van der Waals surface area contributed by atoms with Crippen LogP contribution in [0.1, 0.15) is 80.4 Å². The standard InChI is InChI=1S/C33H39N3O3/c1-23-22-29(34-27-10-6-5-7-11-27)28-12-8-9-13-30(28)36(23)31(37)26-16-14-24(15-17-26)25-18-20-35(21-19-25)32(38)39-33(2,3)4/h5-17,23,25,29,34H,18-22H2,1-4H3. The Bertz CT molecular complexity index is 1290. The lowest BCUT2D eigenvalue weighted by atomic mass is 9.88. The average Bonchev–Trinajstić information content (AvgIpc) is 2.93. The molecule has 6 nitrogen and oxygen atoms in total. The van der Waals surface area contributed by atoms with E-state index in [-0.39, 0.29) is 24.1 Å². The molecule has 2 heterocycles. The Balaban J connectivity index is 1.27. The number of piperidine rings is 1. The van der Waals surface area contributed by atoms with Gasteiger partial charge in [0.2, 0.25) is 0 Å². The number of rotatable bonds is 4. The summed E-state index contributed by atoms with van der Waals surface area (Å²) in [6.07, 6.45) is 2.36. The highest BCUT2D eigenvalue weighted by Crippen LogP contribution is 2.39. The highest BCUT2D eigenvalue weighted by atomic mass is 16.6. The zero-order valence-corrected chi connectivity index (χ0v) is 23.4. The highest BCUT2D eigenvalue weighted by Gasteiger charge is 2.34. The van der Waals surface area contributed by atoms with Gasteiger partial charge in [-0.05, 0) is 94.3 Å². The first kappa shape index (κ1) is 26.8. The largest absolute Gasteiger partial charge is 0.444 e. The summed E-state index contributed by atoms with van der Waals surface area (Å²) in [6, 6.07) is 26.7. The maximum absolute atomic E-state index is 13.8. The molecule has 2 amide bonds. The average molecular weight is 526 g/mol. The van der Waals surface area contributed by atoms with E-state index >= 15 is 0 Å². The SMILES string of the molecule is CC1CC(Nc2ccccc2)c2ccccc2N1C(=O)c1ccc(C2CCN(C(=O)OC(C)(C)C)CC2)cc1. The molecule has 2 atom stereocenters. The molecule has 204 valence electrons. The third-order valence-corrected chi connectivity index (χ3v) is 7.70. The van der Waals surface area contributed by atoms with Crippen LogP contribution in [-0.4, -0.2) is 41.6 Å². The van der Waals surface area contributed by atoms with Crippen molar-refractivity contribution in [3.05, 3.63) is 95.6 Å². The van der Waals surface area contributed by atoms with Crippen molar-refractivity contribution >= 4 is 23.4 Å². The Morgan fingerprint density at radius 2 is 1.51 bits per heavy atom. The van der Waals surface area contributed by atoms with Gasteiger partial charge in [0.1, 0.15) is 5.60 Å². The van der Waals surface area contributed by atoms with Crippen molar-refractivity contribution in [2.75, 3.05) is 23.3 Å². The normalized spacial score (nSPS) is 19.8. The molecule has 3 aromatic rings. The third-order valence-electron chi connectivity index (χ3n) is 7.70. The summed E-state index contributed by atoms with van der Waals surface area (Å²) in [6.45, 7) is 9.17. The second-order valence-electron chi connectivity index (χ2n) is 11.7. The first-order valence-corrected chi connectivity index (χ1v) is 14.0. The summed E-state index contributed by atoms with van der Waals surface area (Å²) in [4.78, 5) is 30.0. The smallest absolute Gasteiger partial charge is 0.410 e. The molecule has 2 unspecified atom stereocenters. The number of hydrogen-bond acceptors (Lipinski definition) is 4. The molecule has 0 radical (unpaired) electrons. The summed E-state index contributed by atoms with van der Waals surface area (Å²) in [5.41, 5.74) is 4.61. The van der Waals surface area contributed by atoms with Gasteiger partial charge in [-0.25, -0.2) is 4.79 Å². The van der Waals surface area contributed by atoms with E-state index in [1.165, 1.54) is 5.56 Å². The van der Waals surface area contributed by atoms with E-state index in [0.29, 0.717) is 24.6 Å². The molecular weight excluding hydrogens is 486 g/mol. The van der Waals surface area contributed by atoms with Gasteiger partial charge in [0.15, 0.2) is 0 Å². The van der Waals surface area contributed by atoms with Crippen LogP contribution in [-0.2, 0) is 4.74 Å². The van der Waals surface area contributed by atoms with Crippen LogP contribution in [0.2, 0.25) is 0 Å². The van der Waals surface area contributed by atoms with Gasteiger partial charge in [0.05, 0.1) is 6.04 Å². The molecular formula is C33H39N3O3. The second-order valence-corrected chi connectivity index (χ2v) is 11.7. The number of nitrogens with zero attached hydrogens (tertiary/aromatic N) is 2. The number of hydrogen-bond donors (Lipinski definition) is 1. The first-order chi connectivity index (χ1) is 18.7. The minimum atomic E-state index is -0.484. The number of benzene rings is 3. The minimum absolute atomic E-state index is 0.0272. The molecule has 1 saturated heterocycles. The van der Waals surface area contributed by atoms with Gasteiger partial charge in [-0.3, -0.25) is 4.79 Å². The summed E-state index contributed by atoms with van der Waals surface area (Å²) in [7, 11) is 0. The minimum Gasteiger partial charge on any atom is -0.444 e. The van der Waals surface area contributed by atoms with Crippen molar-refractivity contribution in [2.45, 2.75) is 70.6 Å². The fraction of sp³-hybridized carbons (Fsp3) is 0.394. The van der Waals surface area contributed by atoms with Gasteiger partial charge in [0, 0.05) is 36.1 Å². The van der Waals surface area contributed by atoms with Crippen LogP contribution in [0.15, 0.2) is 78.9 Å². The zero-order chi connectivity index (χ0) is 27.6. The maximum Gasteiger partial charge on any atom is 0.410 e. The van der Waals surface area contributed by atoms with Crippen LogP contribution >= 0.6 is 0 Å². The number of ether oxygens (including phenoxy) is 1. The molecule has 0 spiro atoms. The van der Waals surface area contributed by atoms with E-state index in [1.807, 2.05) is 68.1 Å². The van der Waals surface area contributed by atoms with Crippen LogP contribution in [0, 0.1) is 0 Å². The summed E-state index contributed by atoms with van der Waals surface area (Å²) < 4.78 is 5.53. The van der Waals surface area contributed by atoms with E-state index in [2.05, 4.69) is 48.6 Å². The Labute approximate surface area is 232 Å². The third kappa shape index (κ3) is 6.11. The topological polar surface area (TPSA) is 61.9 Å². The monoisotopic (exact) mass is 525 g/mol. The predicted molar refractivity (Wildman–Crippen MR) is 156 cm³/mol. The quantitative estimate of drug-likeness (QED) is 0.386. The van der Waals surface area contributed by atoms with E-state index in [4.69, 9.17) is 4.74 Å². The maximum atomic E-state index is 13.8. The highest BCUT2D eigenvalue weighted by molar-refractivity contribution is 6.07. The van der Waals surface area contributed by atoms with Crippen molar-refractivity contribution in [3.63, 3.8) is 0 Å². The number of likely N-dealkylation sites (tertiary alicyclic amines) is 1. The Morgan fingerprint density at radius 3 is 2.18 bits per heavy atom. The van der Waals surface area contributed by atoms with Crippen LogP contribution in [0.4, 0.5) is 16.2 Å². The van der Waals surface area contributed by atoms with Crippen LogP contribution in [0.25, 0.3) is 0 Å². The van der Waals surface area contributed by atoms with E-state index in [1.54, 1.807) is 4.90 Å². The van der Waals surface area contributed by atoms with Crippen molar-refractivity contribution in [1.82, 2.24) is 4.90 Å². The Morgan fingerprint density at radius 1 is 0.872 bits per heavy atom. The van der Waals surface area contributed by atoms with Crippen LogP contribution in [0.5, 0.6) is 0 Å². The van der Waals surface area contributed by atoms with Crippen molar-refractivity contribution in [1.29, 1.82) is 0 Å². The van der Waals surface area contributed by atoms with E-state index in [0.717, 1.165) is 36.2 Å². The number of anilines is 2. The van der Waals surface area contributed by atoms with Gasteiger partial charge in [-0.15, -0.1) is 0 Å². The molecule has 1 N–H and O–H groups in total. The van der Waals surface area contributed by atoms with Gasteiger partial charge >= 0.3 is 6.09 Å². The molecule has 0 aliphatic carbocycles. The molecule has 5 rings (SSSR count). The van der Waals surface area contributed by atoms with Crippen molar-refractivity contribution < 1.29 is 14.3 Å². The lowest BCUT2D eigenvalue weighted by Gasteiger charge is -2.40. The van der Waals surface area contributed by atoms with E-state index < -0.39 is 5.60 Å². The molecule has 0 saturated carbocycles. The predicted octanol–water partition coefficient (Wildman–Crippen LogP) is 7.39. The summed E-state index contributed by atoms with van der Waals surface area (Å²) >= 11 is 0. The van der Waals surface area contributed by atoms with Gasteiger partial charge in [-0.2, -0.15) is 0 Å². The Hall–Kier alpha value is -3.80. The zero-order valence-electron chi connectivity index (χ0n) is 23.4. The van der Waals surface area contributed by atoms with E-state index in [9.17, 15) is 9.59 Å². The number of para-hydroxylation sites is 2.